The molecule has 0 bridgehead atoms. The second-order valence-corrected chi connectivity index (χ2v) is 8.25. The molecule has 0 aromatic heterocycles. The number of rotatable bonds is 6. The number of hydrogen-bond acceptors (Lipinski definition) is 4. The zero-order valence-corrected chi connectivity index (χ0v) is 16.5. The van der Waals surface area contributed by atoms with Crippen LogP contribution in [0.1, 0.15) is 21.5 Å². The molecule has 0 aliphatic carbocycles. The van der Waals surface area contributed by atoms with E-state index >= 15 is 0 Å². The van der Waals surface area contributed by atoms with E-state index in [1.165, 1.54) is 11.4 Å². The molecule has 2 aromatic carbocycles. The Morgan fingerprint density at radius 2 is 1.69 bits per heavy atom. The number of carbonyl (C=O) groups excluding carboxylic acids is 1. The summed E-state index contributed by atoms with van der Waals surface area (Å²) in [5.41, 5.74) is 2.70. The van der Waals surface area contributed by atoms with Crippen molar-refractivity contribution in [2.75, 3.05) is 31.8 Å². The Kier molecular flexibility index (Phi) is 5.92. The number of ether oxygens (including phenoxy) is 1. The molecule has 0 saturated carbocycles. The minimum absolute atomic E-state index is 0.177. The quantitative estimate of drug-likeness (QED) is 0.777. The highest BCUT2D eigenvalue weighted by Gasteiger charge is 2.18. The van der Waals surface area contributed by atoms with Crippen molar-refractivity contribution in [1.82, 2.24) is 4.90 Å². The van der Waals surface area contributed by atoms with Gasteiger partial charge in [0.05, 0.1) is 19.1 Å². The average Bonchev–Trinajstić information content (AvgIpc) is 2.60. The van der Waals surface area contributed by atoms with Crippen LogP contribution in [0, 0.1) is 6.92 Å². The first-order valence-corrected chi connectivity index (χ1v) is 9.91. The van der Waals surface area contributed by atoms with E-state index in [9.17, 15) is 13.2 Å². The van der Waals surface area contributed by atoms with Gasteiger partial charge in [-0.2, -0.15) is 0 Å². The van der Waals surface area contributed by atoms with Crippen molar-refractivity contribution in [1.29, 1.82) is 0 Å². The largest absolute Gasteiger partial charge is 0.497 e. The fourth-order valence-corrected chi connectivity index (χ4v) is 3.11. The fraction of sp³-hybridized carbons (Fsp3) is 0.316. The van der Waals surface area contributed by atoms with Crippen LogP contribution in [0.3, 0.4) is 0 Å². The maximum absolute atomic E-state index is 12.7. The first-order chi connectivity index (χ1) is 12.1. The van der Waals surface area contributed by atoms with Crippen LogP contribution >= 0.6 is 0 Å². The summed E-state index contributed by atoms with van der Waals surface area (Å²) in [6.07, 6.45) is 1.14. The van der Waals surface area contributed by atoms with Crippen LogP contribution in [0.2, 0.25) is 0 Å². The number of amides is 1. The summed E-state index contributed by atoms with van der Waals surface area (Å²) in [6.45, 7) is 2.25. The van der Waals surface area contributed by atoms with Gasteiger partial charge in [0.25, 0.3) is 5.91 Å². The predicted octanol–water partition coefficient (Wildman–Crippen LogP) is 2.67. The van der Waals surface area contributed by atoms with E-state index in [2.05, 4.69) is 0 Å². The Hall–Kier alpha value is -2.54. The van der Waals surface area contributed by atoms with E-state index in [0.717, 1.165) is 23.1 Å². The van der Waals surface area contributed by atoms with Gasteiger partial charge in [-0.3, -0.25) is 9.10 Å². The maximum Gasteiger partial charge on any atom is 0.253 e. The monoisotopic (exact) mass is 376 g/mol. The van der Waals surface area contributed by atoms with Crippen LogP contribution < -0.4 is 9.04 Å². The lowest BCUT2D eigenvalue weighted by molar-refractivity contribution is 0.0785. The molecule has 2 rings (SSSR count). The molecule has 6 nitrogen and oxygen atoms in total. The van der Waals surface area contributed by atoms with Crippen molar-refractivity contribution >= 4 is 21.6 Å². The van der Waals surface area contributed by atoms with Crippen LogP contribution in [-0.4, -0.2) is 46.7 Å². The van der Waals surface area contributed by atoms with Crippen molar-refractivity contribution in [3.05, 3.63) is 59.2 Å². The molecule has 0 aliphatic rings. The Bertz CT molecular complexity index is 892. The summed E-state index contributed by atoms with van der Waals surface area (Å²) in [5, 5.41) is 0. The molecular weight excluding hydrogens is 352 g/mol. The molecule has 26 heavy (non-hydrogen) atoms. The Morgan fingerprint density at radius 3 is 2.23 bits per heavy atom. The van der Waals surface area contributed by atoms with Crippen LogP contribution in [0.25, 0.3) is 0 Å². The van der Waals surface area contributed by atoms with Crippen molar-refractivity contribution < 1.29 is 17.9 Å². The fourth-order valence-electron chi connectivity index (χ4n) is 2.56. The van der Waals surface area contributed by atoms with Gasteiger partial charge in [-0.05, 0) is 42.3 Å². The van der Waals surface area contributed by atoms with Crippen LogP contribution in [-0.2, 0) is 16.6 Å². The van der Waals surface area contributed by atoms with Gasteiger partial charge in [-0.25, -0.2) is 8.42 Å². The van der Waals surface area contributed by atoms with Crippen LogP contribution in [0.15, 0.2) is 42.5 Å². The number of benzene rings is 2. The van der Waals surface area contributed by atoms with Gasteiger partial charge in [-0.15, -0.1) is 0 Å². The van der Waals surface area contributed by atoms with Gasteiger partial charge < -0.3 is 9.64 Å². The van der Waals surface area contributed by atoms with Gasteiger partial charge in [0.2, 0.25) is 10.0 Å². The standard InChI is InChI=1S/C19H24N2O4S/c1-14-6-9-16(12-18(14)21(3)26(5,23)24)19(22)20(2)13-15-7-10-17(25-4)11-8-15/h6-12H,13H2,1-5H3. The molecule has 0 aliphatic heterocycles. The van der Waals surface area contributed by atoms with Gasteiger partial charge >= 0.3 is 0 Å². The Balaban J connectivity index is 2.22. The summed E-state index contributed by atoms with van der Waals surface area (Å²) in [6, 6.07) is 12.6. The van der Waals surface area contributed by atoms with Crippen molar-refractivity contribution in [3.63, 3.8) is 0 Å². The second kappa shape index (κ2) is 7.78. The van der Waals surface area contributed by atoms with Gasteiger partial charge in [0.1, 0.15) is 5.75 Å². The third-order valence-corrected chi connectivity index (χ3v) is 5.41. The van der Waals surface area contributed by atoms with Crippen LogP contribution in [0.4, 0.5) is 5.69 Å². The molecule has 0 saturated heterocycles. The number of anilines is 1. The van der Waals surface area contributed by atoms with Gasteiger partial charge in [0.15, 0.2) is 0 Å². The molecule has 0 radical (unpaired) electrons. The number of nitrogens with zero attached hydrogens (tertiary/aromatic N) is 2. The van der Waals surface area contributed by atoms with Crippen molar-refractivity contribution in [2.45, 2.75) is 13.5 Å². The number of sulfonamides is 1. The molecule has 0 heterocycles. The topological polar surface area (TPSA) is 66.9 Å². The molecule has 1 amide bonds. The zero-order chi connectivity index (χ0) is 19.5. The van der Waals surface area contributed by atoms with Crippen LogP contribution in [0.5, 0.6) is 5.75 Å². The first kappa shape index (κ1) is 19.8. The predicted molar refractivity (Wildman–Crippen MR) is 103 cm³/mol. The van der Waals surface area contributed by atoms with Gasteiger partial charge in [0, 0.05) is 26.2 Å². The first-order valence-electron chi connectivity index (χ1n) is 8.06. The van der Waals surface area contributed by atoms with Gasteiger partial charge in [-0.1, -0.05) is 18.2 Å². The molecule has 0 N–H and O–H groups in total. The molecule has 0 atom stereocenters. The second-order valence-electron chi connectivity index (χ2n) is 6.24. The molecular formula is C19H24N2O4S. The maximum atomic E-state index is 12.7. The summed E-state index contributed by atoms with van der Waals surface area (Å²) >= 11 is 0. The lowest BCUT2D eigenvalue weighted by Gasteiger charge is -2.22. The average molecular weight is 376 g/mol. The van der Waals surface area contributed by atoms with E-state index in [4.69, 9.17) is 4.74 Å². The van der Waals surface area contributed by atoms with E-state index in [1.807, 2.05) is 31.2 Å². The number of hydrogen-bond donors (Lipinski definition) is 0. The molecule has 0 fully saturated rings. The number of carbonyl (C=O) groups is 1. The Labute approximate surface area is 155 Å². The minimum Gasteiger partial charge on any atom is -0.497 e. The summed E-state index contributed by atoms with van der Waals surface area (Å²) in [7, 11) is 1.40. The lowest BCUT2D eigenvalue weighted by Crippen LogP contribution is -2.28. The van der Waals surface area contributed by atoms with E-state index in [-0.39, 0.29) is 5.91 Å². The van der Waals surface area contributed by atoms with E-state index < -0.39 is 10.0 Å². The Morgan fingerprint density at radius 1 is 1.08 bits per heavy atom. The van der Waals surface area contributed by atoms with Crippen molar-refractivity contribution in [2.24, 2.45) is 0 Å². The highest BCUT2D eigenvalue weighted by Crippen LogP contribution is 2.23. The molecule has 0 spiro atoms. The smallest absolute Gasteiger partial charge is 0.253 e. The minimum atomic E-state index is -3.40. The molecule has 7 heteroatoms. The number of aryl methyl sites for hydroxylation is 1. The molecule has 0 unspecified atom stereocenters. The summed E-state index contributed by atoms with van der Waals surface area (Å²) in [5.74, 6) is 0.582. The third-order valence-electron chi connectivity index (χ3n) is 4.22. The normalized spacial score (nSPS) is 11.1. The molecule has 140 valence electrons. The lowest BCUT2D eigenvalue weighted by atomic mass is 10.1. The number of methoxy groups -OCH3 is 1. The highest BCUT2D eigenvalue weighted by atomic mass is 32.2. The molecule has 2 aromatic rings. The SMILES string of the molecule is COc1ccc(CN(C)C(=O)c2ccc(C)c(N(C)S(C)(=O)=O)c2)cc1. The summed E-state index contributed by atoms with van der Waals surface area (Å²) in [4.78, 5) is 14.3. The summed E-state index contributed by atoms with van der Waals surface area (Å²) < 4.78 is 29.9. The van der Waals surface area contributed by atoms with Crippen molar-refractivity contribution in [3.8, 4) is 5.75 Å². The van der Waals surface area contributed by atoms with E-state index in [0.29, 0.717) is 17.8 Å². The highest BCUT2D eigenvalue weighted by molar-refractivity contribution is 7.92. The zero-order valence-electron chi connectivity index (χ0n) is 15.7. The van der Waals surface area contributed by atoms with E-state index in [1.54, 1.807) is 37.3 Å². The third kappa shape index (κ3) is 4.54.